The van der Waals surface area contributed by atoms with Crippen LogP contribution in [0.2, 0.25) is 5.02 Å². The van der Waals surface area contributed by atoms with E-state index in [1.54, 1.807) is 6.07 Å². The molecule has 19 heavy (non-hydrogen) atoms. The fourth-order valence-electron chi connectivity index (χ4n) is 2.70. The van der Waals surface area contributed by atoms with Gasteiger partial charge in [-0.2, -0.15) is 0 Å². The number of hydrogen-bond acceptors (Lipinski definition) is 2. The molecule has 1 heterocycles. The number of carbonyl (C=O) groups excluding carboxylic acids is 2. The summed E-state index contributed by atoms with van der Waals surface area (Å²) in [6.07, 6.45) is 0.0786. The lowest BCUT2D eigenvalue weighted by Crippen LogP contribution is -2.47. The van der Waals surface area contributed by atoms with Crippen LogP contribution in [-0.2, 0) is 9.59 Å². The molecule has 1 aliphatic heterocycles. The number of piperidine rings is 1. The molecule has 1 aromatic rings. The molecule has 1 saturated heterocycles. The maximum atomic E-state index is 14.0. The molecule has 2 rings (SSSR count). The second kappa shape index (κ2) is 5.29. The van der Waals surface area contributed by atoms with E-state index in [0.29, 0.717) is 0 Å². The topological polar surface area (TPSA) is 46.2 Å². The summed E-state index contributed by atoms with van der Waals surface area (Å²) in [5.74, 6) is -2.16. The largest absolute Gasteiger partial charge is 0.296 e. The van der Waals surface area contributed by atoms with Crippen LogP contribution in [-0.4, -0.2) is 11.8 Å². The molecule has 2 atom stereocenters. The molecular weight excluding hydrogens is 269 g/mol. The lowest BCUT2D eigenvalue weighted by Gasteiger charge is -2.33. The van der Waals surface area contributed by atoms with Gasteiger partial charge in [-0.25, -0.2) is 4.39 Å². The van der Waals surface area contributed by atoms with Crippen LogP contribution in [0.4, 0.5) is 4.39 Å². The number of nitrogens with one attached hydrogen (secondary N) is 1. The third-order valence-corrected chi connectivity index (χ3v) is 3.82. The second-order valence-corrected chi connectivity index (χ2v) is 5.54. The Labute approximate surface area is 116 Å². The molecule has 0 spiro atoms. The predicted molar refractivity (Wildman–Crippen MR) is 70.2 cm³/mol. The molecule has 1 fully saturated rings. The van der Waals surface area contributed by atoms with Gasteiger partial charge >= 0.3 is 0 Å². The van der Waals surface area contributed by atoms with Crippen molar-refractivity contribution in [3.05, 3.63) is 34.6 Å². The van der Waals surface area contributed by atoms with Gasteiger partial charge in [-0.3, -0.25) is 14.9 Å². The summed E-state index contributed by atoms with van der Waals surface area (Å²) in [4.78, 5) is 23.5. The maximum Gasteiger partial charge on any atom is 0.230 e. The first-order valence-corrected chi connectivity index (χ1v) is 6.57. The van der Waals surface area contributed by atoms with Crippen LogP contribution in [0.15, 0.2) is 18.2 Å². The van der Waals surface area contributed by atoms with E-state index < -0.39 is 17.7 Å². The van der Waals surface area contributed by atoms with E-state index in [9.17, 15) is 14.0 Å². The van der Waals surface area contributed by atoms with Gasteiger partial charge in [0.2, 0.25) is 11.8 Å². The van der Waals surface area contributed by atoms with Crippen LogP contribution < -0.4 is 5.32 Å². The molecule has 0 saturated carbocycles. The van der Waals surface area contributed by atoms with E-state index in [1.165, 1.54) is 12.1 Å². The summed E-state index contributed by atoms with van der Waals surface area (Å²) >= 11 is 6.05. The molecule has 3 nitrogen and oxygen atoms in total. The highest BCUT2D eigenvalue weighted by atomic mass is 35.5. The molecule has 1 aromatic carbocycles. The number of halogens is 2. The molecule has 5 heteroatoms. The van der Waals surface area contributed by atoms with Crippen LogP contribution in [0.3, 0.4) is 0 Å². The van der Waals surface area contributed by atoms with Crippen LogP contribution >= 0.6 is 11.6 Å². The lowest BCUT2D eigenvalue weighted by molar-refractivity contribution is -0.138. The summed E-state index contributed by atoms with van der Waals surface area (Å²) < 4.78 is 14.0. The van der Waals surface area contributed by atoms with Crippen molar-refractivity contribution < 1.29 is 14.0 Å². The average molecular weight is 284 g/mol. The van der Waals surface area contributed by atoms with Gasteiger partial charge < -0.3 is 0 Å². The van der Waals surface area contributed by atoms with Gasteiger partial charge in [-0.15, -0.1) is 0 Å². The minimum atomic E-state index is -0.505. The van der Waals surface area contributed by atoms with Crippen LogP contribution in [0.5, 0.6) is 0 Å². The predicted octanol–water partition coefficient (Wildman–Crippen LogP) is 2.88. The van der Waals surface area contributed by atoms with Gasteiger partial charge in [0.25, 0.3) is 0 Å². The number of amides is 2. The Hall–Kier alpha value is -1.42. The molecule has 1 aliphatic rings. The normalized spacial score (nSPS) is 23.6. The first-order valence-electron chi connectivity index (χ1n) is 6.19. The number of benzene rings is 1. The smallest absolute Gasteiger partial charge is 0.230 e. The van der Waals surface area contributed by atoms with Crippen molar-refractivity contribution in [1.29, 1.82) is 0 Å². The van der Waals surface area contributed by atoms with Gasteiger partial charge in [-0.05, 0) is 18.1 Å². The van der Waals surface area contributed by atoms with E-state index >= 15 is 0 Å². The van der Waals surface area contributed by atoms with Gasteiger partial charge in [0, 0.05) is 28.8 Å². The summed E-state index contributed by atoms with van der Waals surface area (Å²) in [5, 5.41) is 2.57. The Morgan fingerprint density at radius 2 is 2.05 bits per heavy atom. The van der Waals surface area contributed by atoms with Crippen LogP contribution in [0, 0.1) is 17.7 Å². The van der Waals surface area contributed by atoms with E-state index in [0.717, 1.165) is 0 Å². The van der Waals surface area contributed by atoms with Crippen molar-refractivity contribution >= 4 is 23.4 Å². The van der Waals surface area contributed by atoms with Crippen molar-refractivity contribution in [3.8, 4) is 0 Å². The van der Waals surface area contributed by atoms with Gasteiger partial charge in [0.1, 0.15) is 5.82 Å². The zero-order chi connectivity index (χ0) is 14.2. The Balaban J connectivity index is 2.50. The lowest BCUT2D eigenvalue weighted by atomic mass is 9.74. The summed E-state index contributed by atoms with van der Waals surface area (Å²) in [5.41, 5.74) is 0.270. The molecule has 102 valence electrons. The zero-order valence-electron chi connectivity index (χ0n) is 10.7. The Kier molecular flexibility index (Phi) is 3.90. The molecule has 0 aromatic heterocycles. The van der Waals surface area contributed by atoms with Crippen LogP contribution in [0.25, 0.3) is 0 Å². The van der Waals surface area contributed by atoms with Gasteiger partial charge in [0.15, 0.2) is 0 Å². The third kappa shape index (κ3) is 2.63. The van der Waals surface area contributed by atoms with Gasteiger partial charge in [0.05, 0.1) is 0 Å². The molecule has 0 bridgehead atoms. The fourth-order valence-corrected chi connectivity index (χ4v) is 3.00. The quantitative estimate of drug-likeness (QED) is 0.849. The first-order chi connectivity index (χ1) is 8.91. The van der Waals surface area contributed by atoms with Crippen molar-refractivity contribution in [2.75, 3.05) is 0 Å². The maximum absolute atomic E-state index is 14.0. The highest BCUT2D eigenvalue weighted by molar-refractivity contribution is 6.31. The van der Waals surface area contributed by atoms with Crippen LogP contribution in [0.1, 0.15) is 31.7 Å². The van der Waals surface area contributed by atoms with Gasteiger partial charge in [-0.1, -0.05) is 31.5 Å². The Morgan fingerprint density at radius 3 is 2.63 bits per heavy atom. The zero-order valence-corrected chi connectivity index (χ0v) is 11.5. The van der Waals surface area contributed by atoms with Crippen molar-refractivity contribution in [2.45, 2.75) is 26.2 Å². The second-order valence-electron chi connectivity index (χ2n) is 5.13. The minimum absolute atomic E-state index is 0.00577. The summed E-state index contributed by atoms with van der Waals surface area (Å²) in [6.45, 7) is 3.75. The Morgan fingerprint density at radius 1 is 1.37 bits per heavy atom. The SMILES string of the molecule is CC(C)C1C(=O)NC(=O)CC1c1c(F)cccc1Cl. The molecule has 0 radical (unpaired) electrons. The number of carbonyl (C=O) groups is 2. The number of imide groups is 1. The van der Waals surface area contributed by atoms with E-state index in [4.69, 9.17) is 11.6 Å². The first kappa shape index (κ1) is 14.0. The average Bonchev–Trinajstić information content (AvgIpc) is 2.26. The number of rotatable bonds is 2. The molecule has 2 unspecified atom stereocenters. The van der Waals surface area contributed by atoms with E-state index in [1.807, 2.05) is 13.8 Å². The summed E-state index contributed by atoms with van der Waals surface area (Å²) in [6, 6.07) is 4.39. The fraction of sp³-hybridized carbons (Fsp3) is 0.429. The minimum Gasteiger partial charge on any atom is -0.296 e. The number of hydrogen-bond donors (Lipinski definition) is 1. The third-order valence-electron chi connectivity index (χ3n) is 3.49. The van der Waals surface area contributed by atoms with Crippen molar-refractivity contribution in [1.82, 2.24) is 5.32 Å². The monoisotopic (exact) mass is 283 g/mol. The van der Waals surface area contributed by atoms with Crippen molar-refractivity contribution in [2.24, 2.45) is 11.8 Å². The van der Waals surface area contributed by atoms with E-state index in [-0.39, 0.29) is 34.7 Å². The molecule has 0 aliphatic carbocycles. The van der Waals surface area contributed by atoms with E-state index in [2.05, 4.69) is 5.32 Å². The van der Waals surface area contributed by atoms with Crippen molar-refractivity contribution in [3.63, 3.8) is 0 Å². The standard InChI is InChI=1S/C14H15ClFNO2/c1-7(2)12-8(6-11(18)17-14(12)19)13-9(15)4-3-5-10(13)16/h3-5,7-8,12H,6H2,1-2H3,(H,17,18,19). The highest BCUT2D eigenvalue weighted by Crippen LogP contribution is 2.40. The highest BCUT2D eigenvalue weighted by Gasteiger charge is 2.40. The Bertz CT molecular complexity index is 510. The summed E-state index contributed by atoms with van der Waals surface area (Å²) in [7, 11) is 0. The molecular formula is C14H15ClFNO2. The molecule has 1 N–H and O–H groups in total. The molecule has 2 amide bonds.